The van der Waals surface area contributed by atoms with E-state index < -0.39 is 0 Å². The fourth-order valence-corrected chi connectivity index (χ4v) is 3.63. The third-order valence-electron chi connectivity index (χ3n) is 4.27. The van der Waals surface area contributed by atoms with E-state index >= 15 is 0 Å². The third-order valence-corrected chi connectivity index (χ3v) is 5.25. The highest BCUT2D eigenvalue weighted by atomic mass is 32.2. The van der Waals surface area contributed by atoms with Crippen LogP contribution in [0.4, 0.5) is 0 Å². The van der Waals surface area contributed by atoms with Crippen LogP contribution in [-0.4, -0.2) is 32.4 Å². The Balaban J connectivity index is 1.70. The van der Waals surface area contributed by atoms with Gasteiger partial charge in [-0.2, -0.15) is 4.98 Å². The summed E-state index contributed by atoms with van der Waals surface area (Å²) >= 11 is 1.65. The molecular formula is C17H26N4O2S. The molecule has 0 radical (unpaired) electrons. The van der Waals surface area contributed by atoms with Gasteiger partial charge in [0.2, 0.25) is 5.89 Å². The SMILES string of the molecule is Cc1nc(SCc2noc(C(C)(C)C)n2)n(C[C@@H]2CCCO2)c1C. The first-order valence-electron chi connectivity index (χ1n) is 8.46. The van der Waals surface area contributed by atoms with Gasteiger partial charge in [-0.15, -0.1) is 0 Å². The average Bonchev–Trinajstić information content (AvgIpc) is 3.22. The molecule has 2 aromatic heterocycles. The van der Waals surface area contributed by atoms with Crippen molar-refractivity contribution >= 4 is 11.8 Å². The lowest BCUT2D eigenvalue weighted by atomic mass is 9.97. The summed E-state index contributed by atoms with van der Waals surface area (Å²) in [6.07, 6.45) is 2.58. The Hall–Kier alpha value is -1.34. The zero-order chi connectivity index (χ0) is 17.3. The Morgan fingerprint density at radius 3 is 2.67 bits per heavy atom. The molecular weight excluding hydrogens is 324 g/mol. The molecule has 1 fully saturated rings. The number of hydrogen-bond acceptors (Lipinski definition) is 6. The highest BCUT2D eigenvalue weighted by Gasteiger charge is 2.23. The van der Waals surface area contributed by atoms with E-state index in [-0.39, 0.29) is 5.41 Å². The van der Waals surface area contributed by atoms with Crippen molar-refractivity contribution in [3.05, 3.63) is 23.1 Å². The van der Waals surface area contributed by atoms with Gasteiger partial charge in [0.05, 0.1) is 24.1 Å². The van der Waals surface area contributed by atoms with Gasteiger partial charge in [-0.1, -0.05) is 37.7 Å². The third kappa shape index (κ3) is 3.83. The van der Waals surface area contributed by atoms with Gasteiger partial charge < -0.3 is 13.8 Å². The second-order valence-electron chi connectivity index (χ2n) is 7.37. The minimum absolute atomic E-state index is 0.124. The first-order valence-corrected chi connectivity index (χ1v) is 9.44. The summed E-state index contributed by atoms with van der Waals surface area (Å²) in [6.45, 7) is 12.1. The number of rotatable bonds is 5. The normalized spacial score (nSPS) is 18.5. The molecule has 0 bridgehead atoms. The largest absolute Gasteiger partial charge is 0.376 e. The van der Waals surface area contributed by atoms with Crippen LogP contribution in [0.3, 0.4) is 0 Å². The number of aryl methyl sites for hydroxylation is 1. The van der Waals surface area contributed by atoms with Gasteiger partial charge in [-0.05, 0) is 26.7 Å². The van der Waals surface area contributed by atoms with E-state index in [0.29, 0.717) is 23.6 Å². The molecule has 0 saturated carbocycles. The number of ether oxygens (including phenoxy) is 1. The molecule has 0 amide bonds. The first-order chi connectivity index (χ1) is 11.3. The second-order valence-corrected chi connectivity index (χ2v) is 8.31. The van der Waals surface area contributed by atoms with Crippen molar-refractivity contribution in [1.29, 1.82) is 0 Å². The highest BCUT2D eigenvalue weighted by Crippen LogP contribution is 2.27. The van der Waals surface area contributed by atoms with Crippen LogP contribution in [0.2, 0.25) is 0 Å². The monoisotopic (exact) mass is 350 g/mol. The lowest BCUT2D eigenvalue weighted by molar-refractivity contribution is 0.0945. The number of imidazole rings is 1. The van der Waals surface area contributed by atoms with Gasteiger partial charge in [0.15, 0.2) is 11.0 Å². The summed E-state index contributed by atoms with van der Waals surface area (Å²) < 4.78 is 13.4. The van der Waals surface area contributed by atoms with Crippen LogP contribution in [0.5, 0.6) is 0 Å². The molecule has 132 valence electrons. The van der Waals surface area contributed by atoms with Crippen molar-refractivity contribution in [2.75, 3.05) is 6.61 Å². The van der Waals surface area contributed by atoms with Crippen LogP contribution < -0.4 is 0 Å². The Labute approximate surface area is 147 Å². The fourth-order valence-electron chi connectivity index (χ4n) is 2.69. The molecule has 0 unspecified atom stereocenters. The highest BCUT2D eigenvalue weighted by molar-refractivity contribution is 7.98. The number of hydrogen-bond donors (Lipinski definition) is 0. The average molecular weight is 350 g/mol. The van der Waals surface area contributed by atoms with E-state index in [1.54, 1.807) is 11.8 Å². The van der Waals surface area contributed by atoms with Gasteiger partial charge >= 0.3 is 0 Å². The summed E-state index contributed by atoms with van der Waals surface area (Å²) in [5, 5.41) is 5.09. The molecule has 3 rings (SSSR count). The summed E-state index contributed by atoms with van der Waals surface area (Å²) in [4.78, 5) is 9.21. The van der Waals surface area contributed by atoms with Crippen molar-refractivity contribution < 1.29 is 9.26 Å². The van der Waals surface area contributed by atoms with Crippen molar-refractivity contribution in [3.63, 3.8) is 0 Å². The van der Waals surface area contributed by atoms with Crippen molar-refractivity contribution in [2.24, 2.45) is 0 Å². The Bertz CT molecular complexity index is 696. The zero-order valence-electron chi connectivity index (χ0n) is 15.1. The van der Waals surface area contributed by atoms with Crippen LogP contribution in [0, 0.1) is 13.8 Å². The minimum atomic E-state index is -0.124. The summed E-state index contributed by atoms with van der Waals surface area (Å²) in [7, 11) is 0. The maximum absolute atomic E-state index is 5.78. The van der Waals surface area contributed by atoms with Crippen LogP contribution in [0.15, 0.2) is 9.68 Å². The van der Waals surface area contributed by atoms with Gasteiger partial charge in [0.25, 0.3) is 0 Å². The molecule has 24 heavy (non-hydrogen) atoms. The predicted octanol–water partition coefficient (Wildman–Crippen LogP) is 3.65. The van der Waals surface area contributed by atoms with Gasteiger partial charge in [0, 0.05) is 17.7 Å². The second kappa shape index (κ2) is 6.88. The quantitative estimate of drug-likeness (QED) is 0.767. The molecule has 1 aliphatic heterocycles. The molecule has 6 nitrogen and oxygen atoms in total. The topological polar surface area (TPSA) is 66.0 Å². The molecule has 0 N–H and O–H groups in total. The maximum Gasteiger partial charge on any atom is 0.232 e. The predicted molar refractivity (Wildman–Crippen MR) is 93.2 cm³/mol. The van der Waals surface area contributed by atoms with Crippen LogP contribution in [-0.2, 0) is 22.4 Å². The van der Waals surface area contributed by atoms with E-state index in [2.05, 4.69) is 49.3 Å². The molecule has 3 heterocycles. The molecule has 1 saturated heterocycles. The fraction of sp³-hybridized carbons (Fsp3) is 0.706. The Kier molecular flexibility index (Phi) is 5.01. The Morgan fingerprint density at radius 2 is 2.04 bits per heavy atom. The van der Waals surface area contributed by atoms with Crippen LogP contribution in [0.1, 0.15) is 56.7 Å². The van der Waals surface area contributed by atoms with Gasteiger partial charge in [-0.3, -0.25) is 0 Å². The molecule has 1 atom stereocenters. The smallest absolute Gasteiger partial charge is 0.232 e. The molecule has 0 spiro atoms. The van der Waals surface area contributed by atoms with E-state index in [4.69, 9.17) is 14.2 Å². The lowest BCUT2D eigenvalue weighted by Crippen LogP contribution is -2.16. The lowest BCUT2D eigenvalue weighted by Gasteiger charge is -2.14. The summed E-state index contributed by atoms with van der Waals surface area (Å²) in [5.41, 5.74) is 2.15. The van der Waals surface area contributed by atoms with E-state index in [1.165, 1.54) is 5.69 Å². The number of nitrogens with zero attached hydrogens (tertiary/aromatic N) is 4. The number of thioether (sulfide) groups is 1. The van der Waals surface area contributed by atoms with Crippen molar-refractivity contribution in [3.8, 4) is 0 Å². The molecule has 7 heteroatoms. The number of aromatic nitrogens is 4. The van der Waals surface area contributed by atoms with Crippen molar-refractivity contribution in [1.82, 2.24) is 19.7 Å². The molecule has 0 aliphatic carbocycles. The van der Waals surface area contributed by atoms with Gasteiger partial charge in [-0.25, -0.2) is 4.98 Å². The molecule has 0 aromatic carbocycles. The Morgan fingerprint density at radius 1 is 1.25 bits per heavy atom. The minimum Gasteiger partial charge on any atom is -0.376 e. The van der Waals surface area contributed by atoms with Crippen LogP contribution in [0.25, 0.3) is 0 Å². The standard InChI is InChI=1S/C17H26N4O2S/c1-11-12(2)21(9-13-7-6-8-22-13)16(18-11)24-10-14-19-15(23-20-14)17(3,4)5/h13H,6-10H2,1-5H3/t13-/m0/s1. The summed E-state index contributed by atoms with van der Waals surface area (Å²) in [6, 6.07) is 0. The van der Waals surface area contributed by atoms with E-state index in [0.717, 1.165) is 36.8 Å². The zero-order valence-corrected chi connectivity index (χ0v) is 15.9. The van der Waals surface area contributed by atoms with E-state index in [9.17, 15) is 0 Å². The van der Waals surface area contributed by atoms with Gasteiger partial charge in [0.1, 0.15) is 0 Å². The van der Waals surface area contributed by atoms with E-state index in [1.807, 2.05) is 0 Å². The summed E-state index contributed by atoms with van der Waals surface area (Å²) in [5.74, 6) is 2.04. The van der Waals surface area contributed by atoms with Crippen LogP contribution >= 0.6 is 11.8 Å². The molecule has 1 aliphatic rings. The molecule has 2 aromatic rings. The van der Waals surface area contributed by atoms with Crippen molar-refractivity contribution in [2.45, 2.75) is 76.4 Å². The maximum atomic E-state index is 5.78. The first kappa shape index (κ1) is 17.5.